The average molecular weight is 780 g/mol. The number of aliphatic hydroxyl groups excluding tert-OH is 1. The van der Waals surface area contributed by atoms with Gasteiger partial charge in [-0.1, -0.05) is 149 Å². The van der Waals surface area contributed by atoms with Crippen LogP contribution in [0.1, 0.15) is 118 Å². The number of fused-ring (bicyclic) bond motifs is 3. The number of amides is 1. The van der Waals surface area contributed by atoms with Crippen LogP contribution in [0.25, 0.3) is 33.9 Å². The molecule has 0 saturated carbocycles. The van der Waals surface area contributed by atoms with E-state index < -0.39 is 0 Å². The Morgan fingerprint density at radius 2 is 0.983 bits per heavy atom. The summed E-state index contributed by atoms with van der Waals surface area (Å²) in [6.45, 7) is 19.3. The van der Waals surface area contributed by atoms with Crippen LogP contribution < -0.4 is 4.90 Å². The van der Waals surface area contributed by atoms with Gasteiger partial charge in [-0.05, 0) is 137 Å². The van der Waals surface area contributed by atoms with E-state index in [0.29, 0.717) is 11.8 Å². The molecule has 0 radical (unpaired) electrons. The molecular weight excluding hydrogens is 723 g/mol. The Bertz CT molecular complexity index is 2490. The van der Waals surface area contributed by atoms with Crippen molar-refractivity contribution in [2.24, 2.45) is 0 Å². The second-order valence-electron chi connectivity index (χ2n) is 16.2. The summed E-state index contributed by atoms with van der Waals surface area (Å²) in [5.41, 5.74) is 19.0. The molecule has 300 valence electrons. The van der Waals surface area contributed by atoms with E-state index in [0.717, 1.165) is 50.9 Å². The number of carbonyl (C=O) groups excluding carboxylic acids is 2. The van der Waals surface area contributed by atoms with E-state index in [1.807, 2.05) is 59.5 Å². The van der Waals surface area contributed by atoms with Crippen molar-refractivity contribution < 1.29 is 14.7 Å². The standard InChI is InChI=1S/C37H33NO.C16H18O.C2H6O/c1-24(2)29-20-19-25(3)35-30(21-26(4)32(35)22-29)23-33-31-17-11-12-18-34(31)38(37(33)39)36(27-13-7-5-8-14-27)28-15-9-6-10-16-28;1-10(2)13-6-5-11(3)16-14(9-17)7-12(4)15(16)8-13;1-2-3/h5-24,36H,1-4H3;5-10H,1-4H3;3H,2H2,1H3/b33-23+;;. The highest BCUT2D eigenvalue weighted by Crippen LogP contribution is 2.46. The number of carbonyl (C=O) groups is 2. The van der Waals surface area contributed by atoms with Crippen molar-refractivity contribution in [3.05, 3.63) is 195 Å². The zero-order valence-corrected chi connectivity index (χ0v) is 36.0. The number of rotatable bonds is 7. The van der Waals surface area contributed by atoms with Gasteiger partial charge in [0.05, 0.1) is 11.7 Å². The number of benzene rings is 3. The lowest BCUT2D eigenvalue weighted by Crippen LogP contribution is -2.32. The Hall–Kier alpha value is -6.10. The van der Waals surface area contributed by atoms with Crippen LogP contribution in [0.5, 0.6) is 0 Å². The van der Waals surface area contributed by atoms with Gasteiger partial charge in [-0.15, -0.1) is 0 Å². The van der Waals surface area contributed by atoms with Gasteiger partial charge in [0.15, 0.2) is 6.29 Å². The molecule has 0 saturated heterocycles. The predicted octanol–water partition coefficient (Wildman–Crippen LogP) is 13.6. The fourth-order valence-corrected chi connectivity index (χ4v) is 8.27. The number of aryl methyl sites for hydroxylation is 4. The largest absolute Gasteiger partial charge is 0.397 e. The lowest BCUT2D eigenvalue weighted by molar-refractivity contribution is -0.113. The van der Waals surface area contributed by atoms with Gasteiger partial charge < -0.3 is 5.11 Å². The molecule has 5 aliphatic rings. The van der Waals surface area contributed by atoms with E-state index in [4.69, 9.17) is 5.11 Å². The van der Waals surface area contributed by atoms with Crippen LogP contribution in [0.2, 0.25) is 0 Å². The number of anilines is 1. The molecule has 8 rings (SSSR count). The highest BCUT2D eigenvalue weighted by molar-refractivity contribution is 6.36. The predicted molar refractivity (Wildman–Crippen MR) is 248 cm³/mol. The maximum Gasteiger partial charge on any atom is 0.259 e. The van der Waals surface area contributed by atoms with Crippen LogP contribution in [0.15, 0.2) is 133 Å². The van der Waals surface area contributed by atoms with Crippen molar-refractivity contribution in [1.29, 1.82) is 0 Å². The number of nitrogens with zero attached hydrogens (tertiary/aromatic N) is 1. The van der Waals surface area contributed by atoms with Crippen molar-refractivity contribution in [1.82, 2.24) is 0 Å². The van der Waals surface area contributed by atoms with Gasteiger partial charge in [-0.2, -0.15) is 0 Å². The van der Waals surface area contributed by atoms with E-state index in [-0.39, 0.29) is 18.6 Å². The fraction of sp³-hybridized carbons (Fsp3) is 0.236. The second-order valence-corrected chi connectivity index (χ2v) is 16.2. The van der Waals surface area contributed by atoms with E-state index in [2.05, 4.69) is 140 Å². The van der Waals surface area contributed by atoms with Crippen LogP contribution in [0, 0.1) is 27.7 Å². The summed E-state index contributed by atoms with van der Waals surface area (Å²) in [6, 6.07) is 46.1. The number of aliphatic hydroxyl groups is 1. The Balaban J connectivity index is 0.000000244. The number of hydrogen-bond acceptors (Lipinski definition) is 3. The van der Waals surface area contributed by atoms with Gasteiger partial charge in [0.1, 0.15) is 0 Å². The molecule has 4 nitrogen and oxygen atoms in total. The lowest BCUT2D eigenvalue weighted by atomic mass is 9.97. The first-order valence-corrected chi connectivity index (χ1v) is 20.8. The summed E-state index contributed by atoms with van der Waals surface area (Å²) >= 11 is 0. The van der Waals surface area contributed by atoms with Gasteiger partial charge in [0.25, 0.3) is 5.91 Å². The molecule has 3 aromatic carbocycles. The highest BCUT2D eigenvalue weighted by Gasteiger charge is 2.38. The average Bonchev–Trinajstić information content (AvgIpc) is 3.69. The Labute approximate surface area is 351 Å². The molecule has 0 aromatic heterocycles. The summed E-state index contributed by atoms with van der Waals surface area (Å²) in [5.74, 6) is 0.974. The van der Waals surface area contributed by atoms with Crippen molar-refractivity contribution >= 4 is 29.5 Å². The van der Waals surface area contributed by atoms with Crippen LogP contribution in [-0.2, 0) is 4.79 Å². The molecule has 0 spiro atoms. The third-order valence-electron chi connectivity index (χ3n) is 11.3. The van der Waals surface area contributed by atoms with E-state index in [1.54, 1.807) is 6.92 Å². The molecule has 0 bridgehead atoms. The summed E-state index contributed by atoms with van der Waals surface area (Å²) < 4.78 is 0. The summed E-state index contributed by atoms with van der Waals surface area (Å²) in [7, 11) is 0. The van der Waals surface area contributed by atoms with Crippen molar-refractivity contribution in [3.8, 4) is 22.3 Å². The number of hydrogen-bond donors (Lipinski definition) is 1. The SMILES string of the molecule is CCO.Cc1cc(/C=C2/C(=O)N(C(c3ccccc3)c3ccccc3)c3ccccc32)c2c(C)ccc(C(C)C)cc1-2.Cc1cc(C=O)c2c(C)ccc(C(C)C)cc1-2. The molecule has 0 fully saturated rings. The molecule has 0 unspecified atom stereocenters. The third kappa shape index (κ3) is 8.84. The minimum absolute atomic E-state index is 0.0294. The van der Waals surface area contributed by atoms with Crippen molar-refractivity contribution in [2.75, 3.05) is 11.5 Å². The minimum atomic E-state index is -0.224. The summed E-state index contributed by atoms with van der Waals surface area (Å²) in [4.78, 5) is 27.5. The first-order valence-electron chi connectivity index (χ1n) is 20.8. The van der Waals surface area contributed by atoms with E-state index in [1.165, 1.54) is 50.1 Å². The smallest absolute Gasteiger partial charge is 0.259 e. The lowest BCUT2D eigenvalue weighted by Gasteiger charge is -2.29. The van der Waals surface area contributed by atoms with Crippen LogP contribution in [0.3, 0.4) is 0 Å². The third-order valence-corrected chi connectivity index (χ3v) is 11.3. The summed E-state index contributed by atoms with van der Waals surface area (Å²) in [6.07, 6.45) is 3.07. The first kappa shape index (κ1) is 42.5. The van der Waals surface area contributed by atoms with Gasteiger partial charge in [0, 0.05) is 23.3 Å². The van der Waals surface area contributed by atoms with E-state index in [9.17, 15) is 9.59 Å². The Morgan fingerprint density at radius 3 is 1.46 bits per heavy atom. The normalized spacial score (nSPS) is 12.9. The summed E-state index contributed by atoms with van der Waals surface area (Å²) in [5, 5.41) is 7.57. The molecule has 1 amide bonds. The molecule has 0 atom stereocenters. The topological polar surface area (TPSA) is 57.6 Å². The zero-order chi connectivity index (χ0) is 42.4. The molecule has 1 heterocycles. The van der Waals surface area contributed by atoms with Gasteiger partial charge >= 0.3 is 0 Å². The fourth-order valence-electron chi connectivity index (χ4n) is 8.27. The van der Waals surface area contributed by atoms with Crippen LogP contribution in [-0.4, -0.2) is 23.9 Å². The van der Waals surface area contributed by atoms with E-state index >= 15 is 0 Å². The zero-order valence-electron chi connectivity index (χ0n) is 36.0. The van der Waals surface area contributed by atoms with Crippen molar-refractivity contribution in [2.45, 2.75) is 80.2 Å². The quantitative estimate of drug-likeness (QED) is 0.129. The van der Waals surface area contributed by atoms with Gasteiger partial charge in [-0.25, -0.2) is 0 Å². The first-order chi connectivity index (χ1) is 28.4. The maximum absolute atomic E-state index is 14.4. The molecule has 4 heteroatoms. The number of aldehydes is 1. The molecule has 1 N–H and O–H groups in total. The van der Waals surface area contributed by atoms with Gasteiger partial charge in [-0.3, -0.25) is 14.5 Å². The minimum Gasteiger partial charge on any atom is -0.397 e. The highest BCUT2D eigenvalue weighted by atomic mass is 16.2. The van der Waals surface area contributed by atoms with Crippen molar-refractivity contribution in [3.63, 3.8) is 0 Å². The number of para-hydroxylation sites is 1. The van der Waals surface area contributed by atoms with Gasteiger partial charge in [0.2, 0.25) is 0 Å². The Kier molecular flexibility index (Phi) is 13.4. The molecule has 1 aliphatic heterocycles. The molecular formula is C55H57NO3. The molecule has 3 aromatic rings. The second kappa shape index (κ2) is 18.7. The molecule has 59 heavy (non-hydrogen) atoms. The van der Waals surface area contributed by atoms with Crippen LogP contribution >= 0.6 is 0 Å². The maximum atomic E-state index is 14.4. The molecule has 4 aliphatic carbocycles. The van der Waals surface area contributed by atoms with Crippen LogP contribution in [0.4, 0.5) is 5.69 Å². The monoisotopic (exact) mass is 779 g/mol. The Morgan fingerprint density at radius 1 is 0.542 bits per heavy atom.